The number of anilines is 2. The van der Waals surface area contributed by atoms with Gasteiger partial charge in [-0.15, -0.1) is 22.7 Å². The van der Waals surface area contributed by atoms with Crippen LogP contribution in [0.1, 0.15) is 37.9 Å². The SMILES string of the molecule is CCc1cccc(Br)n1.CCc1cccc(N=c2sccn2COC)n1.CCc1cccc(Nc2nccs2)n1. The molecule has 0 spiro atoms. The molecule has 1 N–H and O–H groups in total. The Kier molecular flexibility index (Phi) is 13.6. The number of nitrogens with one attached hydrogen (secondary N) is 1. The standard InChI is InChI=1S/C12H15N3OS.C10H11N3S.C7H8BrN/c1-3-10-5-4-6-11(13-10)14-12-15(9-16-2)7-8-17-12;1-2-8-4-3-5-9(12-8)13-10-11-6-7-14-10;1-2-6-4-3-5-7(8)9-6/h4-8H,3,9H2,1-2H3;3-7H,2H2,1H3,(H,11,12,13);3-5H,2H2,1H3. The van der Waals surface area contributed by atoms with Gasteiger partial charge >= 0.3 is 0 Å². The minimum atomic E-state index is 0.510. The highest BCUT2D eigenvalue weighted by molar-refractivity contribution is 9.10. The number of halogens is 1. The van der Waals surface area contributed by atoms with Gasteiger partial charge in [0, 0.05) is 47.3 Å². The van der Waals surface area contributed by atoms with Gasteiger partial charge in [-0.1, -0.05) is 39.0 Å². The number of thiazole rings is 2. The molecule has 40 heavy (non-hydrogen) atoms. The zero-order valence-corrected chi connectivity index (χ0v) is 26.3. The van der Waals surface area contributed by atoms with Gasteiger partial charge in [-0.05, 0) is 71.6 Å². The van der Waals surface area contributed by atoms with E-state index in [0.717, 1.165) is 62.5 Å². The van der Waals surface area contributed by atoms with Gasteiger partial charge in [0.2, 0.25) is 0 Å². The van der Waals surface area contributed by atoms with Crippen molar-refractivity contribution in [1.82, 2.24) is 24.5 Å². The minimum absolute atomic E-state index is 0.510. The summed E-state index contributed by atoms with van der Waals surface area (Å²) in [7, 11) is 1.67. The monoisotopic (exact) mass is 639 g/mol. The van der Waals surface area contributed by atoms with Crippen LogP contribution < -0.4 is 10.1 Å². The van der Waals surface area contributed by atoms with Crippen LogP contribution in [-0.4, -0.2) is 31.6 Å². The van der Waals surface area contributed by atoms with E-state index in [-0.39, 0.29) is 0 Å². The number of rotatable bonds is 8. The Labute approximate surface area is 252 Å². The Balaban J connectivity index is 0.000000173. The van der Waals surface area contributed by atoms with Crippen LogP contribution in [0.4, 0.5) is 16.8 Å². The van der Waals surface area contributed by atoms with Crippen molar-refractivity contribution in [3.05, 3.63) is 104 Å². The smallest absolute Gasteiger partial charge is 0.193 e. The predicted molar refractivity (Wildman–Crippen MR) is 168 cm³/mol. The summed E-state index contributed by atoms with van der Waals surface area (Å²) in [6, 6.07) is 17.8. The third-order valence-corrected chi connectivity index (χ3v) is 7.19. The van der Waals surface area contributed by atoms with Crippen molar-refractivity contribution in [2.24, 2.45) is 4.99 Å². The van der Waals surface area contributed by atoms with Crippen LogP contribution in [0.15, 0.2) is 87.3 Å². The lowest BCUT2D eigenvalue weighted by Crippen LogP contribution is -2.14. The predicted octanol–water partition coefficient (Wildman–Crippen LogP) is 7.59. The largest absolute Gasteiger partial charge is 0.364 e. The molecule has 0 aliphatic heterocycles. The fraction of sp³-hybridized carbons (Fsp3) is 0.276. The van der Waals surface area contributed by atoms with Crippen molar-refractivity contribution in [3.8, 4) is 0 Å². The topological polar surface area (TPSA) is 90.1 Å². The van der Waals surface area contributed by atoms with E-state index in [0.29, 0.717) is 6.73 Å². The second-order valence-corrected chi connectivity index (χ2v) is 10.7. The highest BCUT2D eigenvalue weighted by atomic mass is 79.9. The van der Waals surface area contributed by atoms with E-state index in [9.17, 15) is 0 Å². The van der Waals surface area contributed by atoms with Crippen LogP contribution in [0.25, 0.3) is 0 Å². The van der Waals surface area contributed by atoms with Crippen LogP contribution in [0.3, 0.4) is 0 Å². The molecule has 5 rings (SSSR count). The van der Waals surface area contributed by atoms with Crippen molar-refractivity contribution in [2.75, 3.05) is 12.4 Å². The van der Waals surface area contributed by atoms with Gasteiger partial charge < -0.3 is 10.1 Å². The van der Waals surface area contributed by atoms with Crippen molar-refractivity contribution in [2.45, 2.75) is 46.8 Å². The maximum Gasteiger partial charge on any atom is 0.193 e. The average Bonchev–Trinajstić information content (AvgIpc) is 3.66. The molecular weight excluding hydrogens is 606 g/mol. The first-order valence-electron chi connectivity index (χ1n) is 12.9. The summed E-state index contributed by atoms with van der Waals surface area (Å²) in [5.41, 5.74) is 3.28. The minimum Gasteiger partial charge on any atom is -0.364 e. The molecule has 0 atom stereocenters. The fourth-order valence-electron chi connectivity index (χ4n) is 3.24. The molecule has 8 nitrogen and oxygen atoms in total. The van der Waals surface area contributed by atoms with Crippen LogP contribution in [0.5, 0.6) is 0 Å². The summed E-state index contributed by atoms with van der Waals surface area (Å²) < 4.78 is 7.97. The summed E-state index contributed by atoms with van der Waals surface area (Å²) in [6.45, 7) is 6.78. The fourth-order valence-corrected chi connectivity index (χ4v) is 4.88. The highest BCUT2D eigenvalue weighted by Gasteiger charge is 1.99. The van der Waals surface area contributed by atoms with E-state index in [1.165, 1.54) is 0 Å². The van der Waals surface area contributed by atoms with Gasteiger partial charge in [0.15, 0.2) is 15.8 Å². The summed E-state index contributed by atoms with van der Waals surface area (Å²) in [5, 5.41) is 7.96. The number of aromatic nitrogens is 5. The normalized spacial score (nSPS) is 10.8. The molecule has 0 saturated heterocycles. The van der Waals surface area contributed by atoms with E-state index < -0.39 is 0 Å². The van der Waals surface area contributed by atoms with Crippen LogP contribution >= 0.6 is 38.6 Å². The quantitative estimate of drug-likeness (QED) is 0.176. The summed E-state index contributed by atoms with van der Waals surface area (Å²) in [4.78, 5) is 22.6. The van der Waals surface area contributed by atoms with E-state index in [1.807, 2.05) is 76.1 Å². The summed E-state index contributed by atoms with van der Waals surface area (Å²) in [5.74, 6) is 1.61. The van der Waals surface area contributed by atoms with Gasteiger partial charge in [0.05, 0.1) is 0 Å². The average molecular weight is 641 g/mol. The van der Waals surface area contributed by atoms with Crippen molar-refractivity contribution < 1.29 is 4.74 Å². The summed E-state index contributed by atoms with van der Waals surface area (Å²) in [6.07, 6.45) is 6.60. The summed E-state index contributed by atoms with van der Waals surface area (Å²) >= 11 is 6.43. The maximum absolute atomic E-state index is 5.10. The maximum atomic E-state index is 5.10. The molecule has 0 aliphatic rings. The Hall–Kier alpha value is -3.25. The molecule has 11 heteroatoms. The number of aryl methyl sites for hydroxylation is 3. The molecule has 0 aliphatic carbocycles. The zero-order valence-electron chi connectivity index (χ0n) is 23.1. The Morgan fingerprint density at radius 3 is 2.15 bits per heavy atom. The molecule has 210 valence electrons. The lowest BCUT2D eigenvalue weighted by molar-refractivity contribution is 0.129. The lowest BCUT2D eigenvalue weighted by atomic mass is 10.3. The second-order valence-electron chi connectivity index (χ2n) is 8.16. The first kappa shape index (κ1) is 31.3. The van der Waals surface area contributed by atoms with Crippen molar-refractivity contribution in [1.29, 1.82) is 0 Å². The van der Waals surface area contributed by atoms with Crippen LogP contribution in [0.2, 0.25) is 0 Å². The second kappa shape index (κ2) is 17.4. The molecule has 5 aromatic heterocycles. The Morgan fingerprint density at radius 2 is 1.52 bits per heavy atom. The lowest BCUT2D eigenvalue weighted by Gasteiger charge is -2.02. The zero-order chi connectivity index (χ0) is 28.6. The van der Waals surface area contributed by atoms with E-state index in [2.05, 4.69) is 66.9 Å². The van der Waals surface area contributed by atoms with E-state index in [1.54, 1.807) is 36.0 Å². The molecule has 5 heterocycles. The number of hydrogen-bond acceptors (Lipinski definition) is 9. The van der Waals surface area contributed by atoms with Crippen LogP contribution in [-0.2, 0) is 30.7 Å². The molecule has 0 aromatic carbocycles. The number of methoxy groups -OCH3 is 1. The molecule has 0 radical (unpaired) electrons. The van der Waals surface area contributed by atoms with Gasteiger partial charge in [-0.2, -0.15) is 0 Å². The molecule has 0 fully saturated rings. The van der Waals surface area contributed by atoms with Gasteiger partial charge in [-0.25, -0.2) is 24.9 Å². The molecule has 0 bridgehead atoms. The van der Waals surface area contributed by atoms with Crippen molar-refractivity contribution >= 4 is 55.4 Å². The molecule has 0 amide bonds. The number of hydrogen-bond donors (Lipinski definition) is 1. The molecule has 0 unspecified atom stereocenters. The first-order chi connectivity index (χ1) is 19.5. The number of ether oxygens (including phenoxy) is 1. The number of pyridine rings is 3. The molecular formula is C29H34BrN7OS2. The first-order valence-corrected chi connectivity index (χ1v) is 15.5. The highest BCUT2D eigenvalue weighted by Crippen LogP contribution is 2.17. The molecule has 5 aromatic rings. The third-order valence-electron chi connectivity index (χ3n) is 5.26. The van der Waals surface area contributed by atoms with Crippen molar-refractivity contribution in [3.63, 3.8) is 0 Å². The Morgan fingerprint density at radius 1 is 0.850 bits per heavy atom. The van der Waals surface area contributed by atoms with Gasteiger partial charge in [0.1, 0.15) is 17.2 Å². The van der Waals surface area contributed by atoms with Crippen LogP contribution in [0, 0.1) is 0 Å². The number of nitrogens with zero attached hydrogens (tertiary/aromatic N) is 6. The van der Waals surface area contributed by atoms with E-state index >= 15 is 0 Å². The molecule has 0 saturated carbocycles. The third kappa shape index (κ3) is 10.7. The Bertz CT molecular complexity index is 1490. The van der Waals surface area contributed by atoms with E-state index in [4.69, 9.17) is 4.74 Å². The van der Waals surface area contributed by atoms with Gasteiger partial charge in [-0.3, -0.25) is 4.57 Å². The van der Waals surface area contributed by atoms with Gasteiger partial charge in [0.25, 0.3) is 0 Å².